The van der Waals surface area contributed by atoms with E-state index in [0.29, 0.717) is 10.7 Å². The first-order valence-corrected chi connectivity index (χ1v) is 9.81. The van der Waals surface area contributed by atoms with E-state index in [9.17, 15) is 14.7 Å². The molecular weight excluding hydrogens is 400 g/mol. The second-order valence-corrected chi connectivity index (χ2v) is 7.26. The molecule has 8 heteroatoms. The Morgan fingerprint density at radius 3 is 2.57 bits per heavy atom. The average Bonchev–Trinajstić information content (AvgIpc) is 2.77. The van der Waals surface area contributed by atoms with E-state index in [1.54, 1.807) is 36.5 Å². The second-order valence-electron chi connectivity index (χ2n) is 6.20. The Kier molecular flexibility index (Phi) is 5.58. The van der Waals surface area contributed by atoms with Crippen molar-refractivity contribution in [3.63, 3.8) is 0 Å². The SMILES string of the molecule is O=C(N/N=C\c1c(Sc2ccccc2)nc2ccccn2c1=O)c1ccccc1O. The van der Waals surface area contributed by atoms with Gasteiger partial charge >= 0.3 is 0 Å². The molecule has 0 radical (unpaired) electrons. The molecule has 4 rings (SSSR count). The van der Waals surface area contributed by atoms with Crippen LogP contribution in [0.5, 0.6) is 5.75 Å². The monoisotopic (exact) mass is 416 g/mol. The van der Waals surface area contributed by atoms with Gasteiger partial charge in [-0.25, -0.2) is 10.4 Å². The fourth-order valence-corrected chi connectivity index (χ4v) is 3.66. The standard InChI is InChI=1S/C22H16N4O3S/c27-18-11-5-4-10-16(18)20(28)25-23-14-17-21(30-15-8-2-1-3-9-15)24-19-12-6-7-13-26(19)22(17)29/h1-14,27H,(H,25,28)/b23-14-. The van der Waals surface area contributed by atoms with Crippen LogP contribution in [-0.4, -0.2) is 26.6 Å². The van der Waals surface area contributed by atoms with Crippen molar-refractivity contribution in [1.29, 1.82) is 0 Å². The predicted octanol–water partition coefficient (Wildman–Crippen LogP) is 3.32. The number of fused-ring (bicyclic) bond motifs is 1. The normalized spacial score (nSPS) is 11.1. The second kappa shape index (κ2) is 8.62. The van der Waals surface area contributed by atoms with Crippen molar-refractivity contribution in [3.05, 3.63) is 100 Å². The highest BCUT2D eigenvalue weighted by Gasteiger charge is 2.13. The summed E-state index contributed by atoms with van der Waals surface area (Å²) in [7, 11) is 0. The first-order valence-electron chi connectivity index (χ1n) is 8.99. The Morgan fingerprint density at radius 2 is 1.77 bits per heavy atom. The Bertz CT molecular complexity index is 1300. The summed E-state index contributed by atoms with van der Waals surface area (Å²) < 4.78 is 1.42. The number of carbonyl (C=O) groups is 1. The smallest absolute Gasteiger partial charge is 0.275 e. The number of hydrogen-bond donors (Lipinski definition) is 2. The molecule has 0 fully saturated rings. The number of para-hydroxylation sites is 1. The summed E-state index contributed by atoms with van der Waals surface area (Å²) in [6, 6.07) is 21.0. The molecule has 2 N–H and O–H groups in total. The molecule has 0 spiro atoms. The summed E-state index contributed by atoms with van der Waals surface area (Å²) in [6.07, 6.45) is 2.90. The molecule has 0 bridgehead atoms. The van der Waals surface area contributed by atoms with Crippen LogP contribution < -0.4 is 11.0 Å². The first kappa shape index (κ1) is 19.4. The van der Waals surface area contributed by atoms with Crippen LogP contribution in [0.2, 0.25) is 0 Å². The van der Waals surface area contributed by atoms with Gasteiger partial charge in [-0.05, 0) is 36.4 Å². The minimum Gasteiger partial charge on any atom is -0.507 e. The van der Waals surface area contributed by atoms with E-state index in [0.717, 1.165) is 4.90 Å². The maximum absolute atomic E-state index is 13.0. The highest BCUT2D eigenvalue weighted by molar-refractivity contribution is 7.99. The number of rotatable bonds is 5. The Morgan fingerprint density at radius 1 is 1.03 bits per heavy atom. The number of nitrogens with zero attached hydrogens (tertiary/aromatic N) is 3. The van der Waals surface area contributed by atoms with Gasteiger partial charge in [0.05, 0.1) is 17.3 Å². The number of amides is 1. The van der Waals surface area contributed by atoms with Crippen LogP contribution in [0.3, 0.4) is 0 Å². The highest BCUT2D eigenvalue weighted by Crippen LogP contribution is 2.27. The van der Waals surface area contributed by atoms with E-state index in [2.05, 4.69) is 15.5 Å². The van der Waals surface area contributed by atoms with E-state index >= 15 is 0 Å². The fraction of sp³-hybridized carbons (Fsp3) is 0. The third-order valence-corrected chi connectivity index (χ3v) is 5.21. The molecule has 0 aliphatic heterocycles. The number of aromatic nitrogens is 2. The molecule has 4 aromatic rings. The topological polar surface area (TPSA) is 96.1 Å². The number of phenolic OH excluding ortho intramolecular Hbond substituents is 1. The van der Waals surface area contributed by atoms with Gasteiger partial charge in [0.2, 0.25) is 0 Å². The number of aromatic hydroxyl groups is 1. The first-order chi connectivity index (χ1) is 14.6. The van der Waals surface area contributed by atoms with E-state index in [-0.39, 0.29) is 22.4 Å². The van der Waals surface area contributed by atoms with Crippen molar-refractivity contribution in [2.24, 2.45) is 5.10 Å². The molecule has 148 valence electrons. The van der Waals surface area contributed by atoms with E-state index < -0.39 is 5.91 Å². The lowest BCUT2D eigenvalue weighted by Crippen LogP contribution is -2.23. The number of phenols is 1. The molecule has 1 amide bonds. The van der Waals surface area contributed by atoms with Crippen LogP contribution in [0.15, 0.2) is 98.8 Å². The molecule has 2 aromatic carbocycles. The summed E-state index contributed by atoms with van der Waals surface area (Å²) >= 11 is 1.33. The molecular formula is C22H16N4O3S. The number of hydrazone groups is 1. The molecule has 2 aromatic heterocycles. The summed E-state index contributed by atoms with van der Waals surface area (Å²) in [4.78, 5) is 30.7. The lowest BCUT2D eigenvalue weighted by molar-refractivity contribution is 0.0952. The number of carbonyl (C=O) groups excluding carboxylic acids is 1. The van der Waals surface area contributed by atoms with Crippen LogP contribution in [0, 0.1) is 0 Å². The van der Waals surface area contributed by atoms with Gasteiger partial charge in [0.15, 0.2) is 0 Å². The Labute approximate surface area is 175 Å². The van der Waals surface area contributed by atoms with Crippen molar-refractivity contribution in [2.75, 3.05) is 0 Å². The van der Waals surface area contributed by atoms with Crippen LogP contribution in [0.4, 0.5) is 0 Å². The summed E-state index contributed by atoms with van der Waals surface area (Å²) in [5.41, 5.74) is 2.87. The number of pyridine rings is 1. The van der Waals surface area contributed by atoms with Gasteiger partial charge in [-0.1, -0.05) is 48.2 Å². The number of nitrogens with one attached hydrogen (secondary N) is 1. The largest absolute Gasteiger partial charge is 0.507 e. The minimum atomic E-state index is -0.588. The van der Waals surface area contributed by atoms with Crippen LogP contribution in [0.1, 0.15) is 15.9 Å². The predicted molar refractivity (Wildman–Crippen MR) is 115 cm³/mol. The van der Waals surface area contributed by atoms with Gasteiger partial charge in [-0.3, -0.25) is 14.0 Å². The Balaban J connectivity index is 1.69. The molecule has 0 aliphatic carbocycles. The van der Waals surface area contributed by atoms with Crippen molar-refractivity contribution in [1.82, 2.24) is 14.8 Å². The minimum absolute atomic E-state index is 0.0851. The quantitative estimate of drug-likeness (QED) is 0.296. The van der Waals surface area contributed by atoms with Gasteiger partial charge < -0.3 is 5.11 Å². The van der Waals surface area contributed by atoms with Crippen molar-refractivity contribution < 1.29 is 9.90 Å². The molecule has 2 heterocycles. The maximum Gasteiger partial charge on any atom is 0.275 e. The number of hydrogen-bond acceptors (Lipinski definition) is 6. The van der Waals surface area contributed by atoms with Crippen molar-refractivity contribution in [2.45, 2.75) is 9.92 Å². The molecule has 0 atom stereocenters. The highest BCUT2D eigenvalue weighted by atomic mass is 32.2. The summed E-state index contributed by atoms with van der Waals surface area (Å²) in [6.45, 7) is 0. The molecule has 7 nitrogen and oxygen atoms in total. The molecule has 0 aliphatic rings. The third-order valence-electron chi connectivity index (χ3n) is 4.20. The number of benzene rings is 2. The molecule has 0 saturated heterocycles. The van der Waals surface area contributed by atoms with E-state index in [1.165, 1.54) is 34.5 Å². The van der Waals surface area contributed by atoms with Crippen molar-refractivity contribution in [3.8, 4) is 5.75 Å². The lowest BCUT2D eigenvalue weighted by Gasteiger charge is -2.08. The van der Waals surface area contributed by atoms with E-state index in [1.807, 2.05) is 30.3 Å². The van der Waals surface area contributed by atoms with Gasteiger partial charge in [-0.2, -0.15) is 5.10 Å². The Hall–Kier alpha value is -3.91. The zero-order valence-corrected chi connectivity index (χ0v) is 16.4. The lowest BCUT2D eigenvalue weighted by atomic mass is 10.2. The van der Waals surface area contributed by atoms with E-state index in [4.69, 9.17) is 0 Å². The fourth-order valence-electron chi connectivity index (χ4n) is 2.75. The van der Waals surface area contributed by atoms with Gasteiger partial charge in [-0.15, -0.1) is 0 Å². The van der Waals surface area contributed by atoms with Gasteiger partial charge in [0.25, 0.3) is 11.5 Å². The van der Waals surface area contributed by atoms with Crippen LogP contribution in [-0.2, 0) is 0 Å². The van der Waals surface area contributed by atoms with Crippen LogP contribution in [0.25, 0.3) is 5.65 Å². The van der Waals surface area contributed by atoms with Gasteiger partial charge in [0.1, 0.15) is 16.4 Å². The average molecular weight is 416 g/mol. The maximum atomic E-state index is 13.0. The molecule has 30 heavy (non-hydrogen) atoms. The third kappa shape index (κ3) is 4.08. The zero-order chi connectivity index (χ0) is 20.9. The van der Waals surface area contributed by atoms with Crippen molar-refractivity contribution >= 4 is 29.5 Å². The summed E-state index contributed by atoms with van der Waals surface area (Å²) in [5.74, 6) is -0.742. The summed E-state index contributed by atoms with van der Waals surface area (Å²) in [5, 5.41) is 14.2. The molecule has 0 saturated carbocycles. The molecule has 0 unspecified atom stereocenters. The zero-order valence-electron chi connectivity index (χ0n) is 15.6. The van der Waals surface area contributed by atoms with Crippen LogP contribution >= 0.6 is 11.8 Å². The van der Waals surface area contributed by atoms with Gasteiger partial charge in [0, 0.05) is 11.1 Å².